The second-order valence-electron chi connectivity index (χ2n) is 6.23. The van der Waals surface area contributed by atoms with Crippen LogP contribution in [0.3, 0.4) is 0 Å². The number of carbonyl (C=O) groups excluding carboxylic acids is 2. The van der Waals surface area contributed by atoms with Crippen molar-refractivity contribution in [1.29, 1.82) is 0 Å². The van der Waals surface area contributed by atoms with E-state index in [0.29, 0.717) is 12.1 Å². The lowest BCUT2D eigenvalue weighted by molar-refractivity contribution is -0.128. The Bertz CT molecular complexity index is 816. The lowest BCUT2D eigenvalue weighted by Gasteiger charge is -2.27. The van der Waals surface area contributed by atoms with E-state index in [-0.39, 0.29) is 30.5 Å². The number of nitrogens with one attached hydrogen (secondary N) is 1. The Balaban J connectivity index is 2.05. The van der Waals surface area contributed by atoms with Crippen LogP contribution in [0.2, 0.25) is 0 Å². The van der Waals surface area contributed by atoms with E-state index in [4.69, 9.17) is 5.11 Å². The van der Waals surface area contributed by atoms with Gasteiger partial charge in [0.25, 0.3) is 5.91 Å². The Kier molecular flexibility index (Phi) is 5.49. The van der Waals surface area contributed by atoms with E-state index in [9.17, 15) is 9.59 Å². The van der Waals surface area contributed by atoms with Gasteiger partial charge in [0.05, 0.1) is 18.2 Å². The first kappa shape index (κ1) is 17.9. The molecule has 0 bridgehead atoms. The number of hydrogen-bond acceptors (Lipinski definition) is 4. The fourth-order valence-electron chi connectivity index (χ4n) is 3.31. The number of aliphatic hydroxyl groups is 1. The number of ketones is 1. The molecule has 2 N–H and O–H groups in total. The van der Waals surface area contributed by atoms with Crippen molar-refractivity contribution in [3.63, 3.8) is 0 Å². The number of hydrogen-bond donors (Lipinski definition) is 2. The summed E-state index contributed by atoms with van der Waals surface area (Å²) in [7, 11) is 0. The Morgan fingerprint density at radius 1 is 1.08 bits per heavy atom. The molecule has 5 heteroatoms. The maximum Gasteiger partial charge on any atom is 0.271 e. The lowest BCUT2D eigenvalue weighted by Crippen LogP contribution is -2.32. The van der Waals surface area contributed by atoms with Gasteiger partial charge in [0.1, 0.15) is 5.70 Å². The first-order valence-corrected chi connectivity index (χ1v) is 8.63. The minimum Gasteiger partial charge on any atom is -0.395 e. The van der Waals surface area contributed by atoms with Crippen molar-refractivity contribution in [3.05, 3.63) is 83.1 Å². The van der Waals surface area contributed by atoms with E-state index in [1.54, 1.807) is 4.90 Å². The van der Waals surface area contributed by atoms with Gasteiger partial charge in [-0.15, -0.1) is 0 Å². The molecule has 0 aliphatic carbocycles. The highest BCUT2D eigenvalue weighted by molar-refractivity contribution is 6.09. The molecule has 1 atom stereocenters. The number of aliphatic hydroxyl groups excluding tert-OH is 1. The van der Waals surface area contributed by atoms with Crippen LogP contribution in [-0.4, -0.2) is 34.8 Å². The largest absolute Gasteiger partial charge is 0.395 e. The van der Waals surface area contributed by atoms with Crippen molar-refractivity contribution in [1.82, 2.24) is 10.2 Å². The fraction of sp³-hybridized carbons (Fsp3) is 0.238. The van der Waals surface area contributed by atoms with E-state index in [2.05, 4.69) is 5.32 Å². The van der Waals surface area contributed by atoms with Crippen LogP contribution in [0.4, 0.5) is 0 Å². The molecular formula is C21H22N2O3. The Morgan fingerprint density at radius 3 is 2.27 bits per heavy atom. The topological polar surface area (TPSA) is 69.6 Å². The second-order valence-corrected chi connectivity index (χ2v) is 6.23. The smallest absolute Gasteiger partial charge is 0.271 e. The van der Waals surface area contributed by atoms with Crippen molar-refractivity contribution >= 4 is 11.7 Å². The molecule has 26 heavy (non-hydrogen) atoms. The van der Waals surface area contributed by atoms with Crippen molar-refractivity contribution in [3.8, 4) is 0 Å². The Morgan fingerprint density at radius 2 is 1.69 bits per heavy atom. The molecule has 0 saturated carbocycles. The highest BCUT2D eigenvalue weighted by atomic mass is 16.3. The van der Waals surface area contributed by atoms with Crippen LogP contribution in [-0.2, 0) is 16.1 Å². The van der Waals surface area contributed by atoms with Gasteiger partial charge in [0.15, 0.2) is 5.78 Å². The average molecular weight is 350 g/mol. The van der Waals surface area contributed by atoms with Crippen LogP contribution in [0.25, 0.3) is 0 Å². The van der Waals surface area contributed by atoms with Gasteiger partial charge in [-0.1, -0.05) is 60.7 Å². The van der Waals surface area contributed by atoms with E-state index in [1.165, 1.54) is 6.92 Å². The molecule has 0 spiro atoms. The molecule has 1 unspecified atom stereocenters. The third kappa shape index (κ3) is 3.53. The number of benzene rings is 2. The van der Waals surface area contributed by atoms with Gasteiger partial charge >= 0.3 is 0 Å². The third-order valence-electron chi connectivity index (χ3n) is 4.43. The molecular weight excluding hydrogens is 328 g/mol. The predicted octanol–water partition coefficient (Wildman–Crippen LogP) is 2.20. The first-order chi connectivity index (χ1) is 12.6. The monoisotopic (exact) mass is 350 g/mol. The summed E-state index contributed by atoms with van der Waals surface area (Å²) >= 11 is 0. The van der Waals surface area contributed by atoms with Crippen LogP contribution in [0.5, 0.6) is 0 Å². The second kappa shape index (κ2) is 7.97. The molecule has 0 fully saturated rings. The van der Waals surface area contributed by atoms with Gasteiger partial charge in [0.2, 0.25) is 0 Å². The van der Waals surface area contributed by atoms with E-state index in [0.717, 1.165) is 11.1 Å². The van der Waals surface area contributed by atoms with Crippen LogP contribution in [0, 0.1) is 0 Å². The van der Waals surface area contributed by atoms with Crippen LogP contribution in [0.1, 0.15) is 24.1 Å². The Hall–Kier alpha value is -2.92. The summed E-state index contributed by atoms with van der Waals surface area (Å²) in [5.74, 6) is -0.371. The number of amides is 1. The first-order valence-electron chi connectivity index (χ1n) is 8.63. The van der Waals surface area contributed by atoms with Gasteiger partial charge in [-0.05, 0) is 18.1 Å². The van der Waals surface area contributed by atoms with Gasteiger partial charge in [-0.3, -0.25) is 9.59 Å². The van der Waals surface area contributed by atoms with Crippen LogP contribution in [0.15, 0.2) is 71.9 Å². The summed E-state index contributed by atoms with van der Waals surface area (Å²) in [6.07, 6.45) is 0. The summed E-state index contributed by atoms with van der Waals surface area (Å²) in [5, 5.41) is 12.1. The van der Waals surface area contributed by atoms with Gasteiger partial charge in [-0.2, -0.15) is 0 Å². The SMILES string of the molecule is CC(=O)C1=C(NCCO)C(=O)N(Cc2ccccc2)C1c1ccccc1. The molecule has 3 rings (SSSR count). The predicted molar refractivity (Wildman–Crippen MR) is 99.0 cm³/mol. The minimum atomic E-state index is -0.442. The number of rotatable bonds is 7. The normalized spacial score (nSPS) is 16.9. The standard InChI is InChI=1S/C21H22N2O3/c1-15(25)18-19(22-12-13-24)21(26)23(14-16-8-4-2-5-9-16)20(18)17-10-6-3-7-11-17/h2-11,20,22,24H,12-14H2,1H3. The van der Waals surface area contributed by atoms with Gasteiger partial charge < -0.3 is 15.3 Å². The molecule has 1 amide bonds. The zero-order valence-corrected chi connectivity index (χ0v) is 14.7. The quantitative estimate of drug-likeness (QED) is 0.803. The van der Waals surface area contributed by atoms with Crippen LogP contribution < -0.4 is 5.32 Å². The molecule has 2 aromatic rings. The maximum atomic E-state index is 13.1. The molecule has 134 valence electrons. The maximum absolute atomic E-state index is 13.1. The Labute approximate surface area is 153 Å². The summed E-state index contributed by atoms with van der Waals surface area (Å²) in [4.78, 5) is 27.2. The zero-order valence-electron chi connectivity index (χ0n) is 14.7. The van der Waals surface area contributed by atoms with Crippen molar-refractivity contribution in [2.45, 2.75) is 19.5 Å². The van der Waals surface area contributed by atoms with Crippen molar-refractivity contribution < 1.29 is 14.7 Å². The zero-order chi connectivity index (χ0) is 18.5. The number of carbonyl (C=O) groups is 2. The molecule has 0 radical (unpaired) electrons. The molecule has 2 aromatic carbocycles. The van der Waals surface area contributed by atoms with Crippen molar-refractivity contribution in [2.75, 3.05) is 13.2 Å². The van der Waals surface area contributed by atoms with E-state index < -0.39 is 6.04 Å². The lowest BCUT2D eigenvalue weighted by atomic mass is 9.96. The molecule has 0 saturated heterocycles. The van der Waals surface area contributed by atoms with Gasteiger partial charge in [-0.25, -0.2) is 0 Å². The third-order valence-corrected chi connectivity index (χ3v) is 4.43. The molecule has 1 aliphatic rings. The summed E-state index contributed by atoms with van der Waals surface area (Å²) in [5.41, 5.74) is 2.62. The number of Topliss-reactive ketones (excluding diaryl/α,β-unsaturated/α-hetero) is 1. The molecule has 0 aromatic heterocycles. The van der Waals surface area contributed by atoms with Crippen LogP contribution >= 0.6 is 0 Å². The van der Waals surface area contributed by atoms with Gasteiger partial charge in [0, 0.05) is 13.1 Å². The fourth-order valence-corrected chi connectivity index (χ4v) is 3.31. The minimum absolute atomic E-state index is 0.114. The highest BCUT2D eigenvalue weighted by Crippen LogP contribution is 2.38. The molecule has 5 nitrogen and oxygen atoms in total. The van der Waals surface area contributed by atoms with Crippen molar-refractivity contribution in [2.24, 2.45) is 0 Å². The average Bonchev–Trinajstić information content (AvgIpc) is 2.94. The summed E-state index contributed by atoms with van der Waals surface area (Å²) < 4.78 is 0. The summed E-state index contributed by atoms with van der Waals surface area (Å²) in [6, 6.07) is 18.8. The molecule has 1 aliphatic heterocycles. The number of nitrogens with zero attached hydrogens (tertiary/aromatic N) is 1. The summed E-state index contributed by atoms with van der Waals surface area (Å²) in [6.45, 7) is 1.99. The van der Waals surface area contributed by atoms with E-state index in [1.807, 2.05) is 60.7 Å². The molecule has 1 heterocycles. The van der Waals surface area contributed by atoms with E-state index >= 15 is 0 Å². The highest BCUT2D eigenvalue weighted by Gasteiger charge is 2.41.